The average molecular weight is 153 g/mol. The predicted molar refractivity (Wildman–Crippen MR) is 47.4 cm³/mol. The van der Waals surface area contributed by atoms with Gasteiger partial charge in [-0.1, -0.05) is 13.8 Å². The quantitative estimate of drug-likeness (QED) is 0.514. The maximum absolute atomic E-state index is 2.58. The van der Waals surface area contributed by atoms with E-state index in [1.165, 1.54) is 6.42 Å². The van der Waals surface area contributed by atoms with E-state index in [4.69, 9.17) is 0 Å². The second-order valence-electron chi connectivity index (χ2n) is 4.59. The zero-order chi connectivity index (χ0) is 8.17. The molecule has 0 radical (unpaired) electrons. The highest BCUT2D eigenvalue weighted by atomic mass is 15.2. The van der Waals surface area contributed by atoms with Gasteiger partial charge >= 0.3 is 0 Å². The third kappa shape index (κ3) is 0.807. The Hall–Kier alpha value is -0.0400. The number of nitrogens with zero attached hydrogens (tertiary/aromatic N) is 1. The van der Waals surface area contributed by atoms with Gasteiger partial charge in [0.05, 0.1) is 0 Å². The van der Waals surface area contributed by atoms with Crippen LogP contribution in [0.2, 0.25) is 0 Å². The summed E-state index contributed by atoms with van der Waals surface area (Å²) in [5, 5.41) is 0. The van der Waals surface area contributed by atoms with Crippen molar-refractivity contribution in [3.8, 4) is 0 Å². The Kier molecular flexibility index (Phi) is 1.54. The van der Waals surface area contributed by atoms with Crippen molar-refractivity contribution >= 4 is 0 Å². The zero-order valence-electron chi connectivity index (χ0n) is 8.04. The first-order valence-electron chi connectivity index (χ1n) is 4.85. The molecular formula is C10H19N. The Bertz CT molecular complexity index is 132. The summed E-state index contributed by atoms with van der Waals surface area (Å²) in [7, 11) is 2.29. The number of piperidine rings is 1. The summed E-state index contributed by atoms with van der Waals surface area (Å²) in [6, 6.07) is 1.73. The van der Waals surface area contributed by atoms with Gasteiger partial charge < -0.3 is 4.90 Å². The number of hydrogen-bond donors (Lipinski definition) is 0. The maximum Gasteiger partial charge on any atom is 0.0127 e. The van der Waals surface area contributed by atoms with Gasteiger partial charge in [0.25, 0.3) is 0 Å². The monoisotopic (exact) mass is 153 g/mol. The van der Waals surface area contributed by atoms with E-state index in [1.807, 2.05) is 0 Å². The summed E-state index contributed by atoms with van der Waals surface area (Å²) in [6.07, 6.45) is 1.46. The van der Waals surface area contributed by atoms with Crippen LogP contribution < -0.4 is 0 Å². The largest absolute Gasteiger partial charge is 0.300 e. The van der Waals surface area contributed by atoms with Crippen molar-refractivity contribution in [3.63, 3.8) is 0 Å². The van der Waals surface area contributed by atoms with E-state index >= 15 is 0 Å². The van der Waals surface area contributed by atoms with Crippen molar-refractivity contribution in [1.29, 1.82) is 0 Å². The van der Waals surface area contributed by atoms with Crippen LogP contribution in [-0.4, -0.2) is 24.0 Å². The van der Waals surface area contributed by atoms with E-state index in [1.54, 1.807) is 0 Å². The molecule has 1 aliphatic heterocycles. The minimum Gasteiger partial charge on any atom is -0.300 e. The van der Waals surface area contributed by atoms with Gasteiger partial charge in [0, 0.05) is 12.1 Å². The van der Waals surface area contributed by atoms with Crippen LogP contribution in [0.5, 0.6) is 0 Å². The highest BCUT2D eigenvalue weighted by Gasteiger charge is 2.49. The number of rotatable bonds is 0. The normalized spacial score (nSPS) is 57.3. The molecule has 11 heavy (non-hydrogen) atoms. The molecule has 0 aromatic heterocycles. The Balaban J connectivity index is 2.21. The number of hydrogen-bond acceptors (Lipinski definition) is 1. The SMILES string of the molecule is CC1C(C)C2CC1[C@@H](C)N2C. The van der Waals surface area contributed by atoms with E-state index < -0.39 is 0 Å². The Morgan fingerprint density at radius 2 is 1.73 bits per heavy atom. The summed E-state index contributed by atoms with van der Waals surface area (Å²) < 4.78 is 0. The van der Waals surface area contributed by atoms with E-state index in [0.29, 0.717) is 0 Å². The van der Waals surface area contributed by atoms with E-state index in [-0.39, 0.29) is 0 Å². The third-order valence-corrected chi connectivity index (χ3v) is 4.41. The zero-order valence-corrected chi connectivity index (χ0v) is 8.04. The second kappa shape index (κ2) is 2.22. The summed E-state index contributed by atoms with van der Waals surface area (Å²) in [6.45, 7) is 7.23. The minimum absolute atomic E-state index is 0.839. The summed E-state index contributed by atoms with van der Waals surface area (Å²) in [4.78, 5) is 2.58. The minimum atomic E-state index is 0.839. The highest BCUT2D eigenvalue weighted by Crippen LogP contribution is 2.48. The lowest BCUT2D eigenvalue weighted by atomic mass is 9.84. The Morgan fingerprint density at radius 3 is 2.18 bits per heavy atom. The lowest BCUT2D eigenvalue weighted by molar-refractivity contribution is 0.102. The maximum atomic E-state index is 2.58. The second-order valence-corrected chi connectivity index (χ2v) is 4.59. The van der Waals surface area contributed by atoms with Gasteiger partial charge in [0.1, 0.15) is 0 Å². The van der Waals surface area contributed by atoms with E-state index in [0.717, 1.165) is 29.8 Å². The van der Waals surface area contributed by atoms with Gasteiger partial charge in [-0.15, -0.1) is 0 Å². The lowest BCUT2D eigenvalue weighted by Gasteiger charge is -2.37. The molecule has 5 atom stereocenters. The fourth-order valence-corrected chi connectivity index (χ4v) is 3.23. The lowest BCUT2D eigenvalue weighted by Crippen LogP contribution is -2.43. The van der Waals surface area contributed by atoms with Crippen molar-refractivity contribution in [1.82, 2.24) is 4.90 Å². The summed E-state index contributed by atoms with van der Waals surface area (Å²) in [5.74, 6) is 2.88. The van der Waals surface area contributed by atoms with Gasteiger partial charge in [-0.05, 0) is 38.1 Å². The Morgan fingerprint density at radius 1 is 1.09 bits per heavy atom. The number of likely N-dealkylation sites (tertiary alicyclic amines) is 1. The van der Waals surface area contributed by atoms with Gasteiger partial charge in [-0.25, -0.2) is 0 Å². The molecule has 1 saturated carbocycles. The first-order chi connectivity index (χ1) is 5.13. The van der Waals surface area contributed by atoms with Crippen LogP contribution in [0.15, 0.2) is 0 Å². The molecule has 0 amide bonds. The molecule has 0 aromatic rings. The van der Waals surface area contributed by atoms with E-state index in [9.17, 15) is 0 Å². The Labute approximate surface area is 69.8 Å². The molecule has 2 rings (SSSR count). The fourth-order valence-electron chi connectivity index (χ4n) is 3.23. The van der Waals surface area contributed by atoms with Crippen LogP contribution >= 0.6 is 0 Å². The van der Waals surface area contributed by atoms with Crippen LogP contribution in [0.3, 0.4) is 0 Å². The molecule has 2 bridgehead atoms. The molecule has 1 heteroatoms. The van der Waals surface area contributed by atoms with Crippen molar-refractivity contribution in [2.75, 3.05) is 7.05 Å². The molecule has 1 aliphatic carbocycles. The van der Waals surface area contributed by atoms with Crippen LogP contribution in [0.25, 0.3) is 0 Å². The molecule has 4 unspecified atom stereocenters. The molecule has 1 nitrogen and oxygen atoms in total. The highest BCUT2D eigenvalue weighted by molar-refractivity contribution is 5.02. The topological polar surface area (TPSA) is 3.24 Å². The molecule has 2 aliphatic rings. The molecule has 64 valence electrons. The first kappa shape index (κ1) is 7.60. The molecule has 0 spiro atoms. The van der Waals surface area contributed by atoms with Crippen molar-refractivity contribution in [2.45, 2.75) is 39.3 Å². The molecule has 1 heterocycles. The predicted octanol–water partition coefficient (Wildman–Crippen LogP) is 1.98. The van der Waals surface area contributed by atoms with Gasteiger partial charge in [0.15, 0.2) is 0 Å². The molecule has 0 aromatic carbocycles. The van der Waals surface area contributed by atoms with Crippen LogP contribution in [0, 0.1) is 17.8 Å². The third-order valence-electron chi connectivity index (χ3n) is 4.41. The van der Waals surface area contributed by atoms with Crippen molar-refractivity contribution in [3.05, 3.63) is 0 Å². The number of fused-ring (bicyclic) bond motifs is 2. The van der Waals surface area contributed by atoms with Crippen LogP contribution in [0.1, 0.15) is 27.2 Å². The van der Waals surface area contributed by atoms with E-state index in [2.05, 4.69) is 32.7 Å². The van der Waals surface area contributed by atoms with Gasteiger partial charge in [-0.2, -0.15) is 0 Å². The van der Waals surface area contributed by atoms with Crippen molar-refractivity contribution in [2.24, 2.45) is 17.8 Å². The molecular weight excluding hydrogens is 134 g/mol. The van der Waals surface area contributed by atoms with Crippen LogP contribution in [0.4, 0.5) is 0 Å². The smallest absolute Gasteiger partial charge is 0.0127 e. The molecule has 1 saturated heterocycles. The molecule has 0 N–H and O–H groups in total. The summed E-state index contributed by atoms with van der Waals surface area (Å²) in [5.41, 5.74) is 0. The van der Waals surface area contributed by atoms with Gasteiger partial charge in [0.2, 0.25) is 0 Å². The molecule has 2 fully saturated rings. The standard InChI is InChI=1S/C10H19N/c1-6-7(2)10-5-9(6)8(3)11(10)4/h6-10H,5H2,1-4H3/t6?,7?,8-,9?,10?/m1/s1. The van der Waals surface area contributed by atoms with Gasteiger partial charge in [-0.3, -0.25) is 0 Å². The van der Waals surface area contributed by atoms with Crippen LogP contribution in [-0.2, 0) is 0 Å². The summed E-state index contributed by atoms with van der Waals surface area (Å²) >= 11 is 0. The van der Waals surface area contributed by atoms with Crippen molar-refractivity contribution < 1.29 is 0 Å². The average Bonchev–Trinajstić information content (AvgIpc) is 2.40. The fraction of sp³-hybridized carbons (Fsp3) is 1.00. The first-order valence-corrected chi connectivity index (χ1v) is 4.85.